The number of rotatable bonds is 2. The molecular formula is C17H22N2O2. The van der Waals surface area contributed by atoms with Gasteiger partial charge in [-0.05, 0) is 38.8 Å². The van der Waals surface area contributed by atoms with Crippen molar-refractivity contribution in [2.45, 2.75) is 44.7 Å². The molecule has 112 valence electrons. The quantitative estimate of drug-likeness (QED) is 0.923. The lowest BCUT2D eigenvalue weighted by Gasteiger charge is -2.37. The lowest BCUT2D eigenvalue weighted by molar-refractivity contribution is -0.136. The van der Waals surface area contributed by atoms with Gasteiger partial charge in [-0.1, -0.05) is 18.2 Å². The molecule has 2 heterocycles. The molecule has 1 aliphatic heterocycles. The Bertz CT molecular complexity index is 616. The number of fused-ring (bicyclic) bond motifs is 1. The summed E-state index contributed by atoms with van der Waals surface area (Å²) >= 11 is 0. The van der Waals surface area contributed by atoms with Crippen molar-refractivity contribution in [2.75, 3.05) is 6.54 Å². The molecule has 4 nitrogen and oxygen atoms in total. The van der Waals surface area contributed by atoms with Crippen molar-refractivity contribution in [3.63, 3.8) is 0 Å². The number of hydrogen-bond donors (Lipinski definition) is 1. The molecule has 3 rings (SSSR count). The molecule has 0 spiro atoms. The Labute approximate surface area is 124 Å². The minimum absolute atomic E-state index is 0.133. The maximum atomic E-state index is 12.7. The monoisotopic (exact) mass is 286 g/mol. The number of piperidine rings is 1. The highest BCUT2D eigenvalue weighted by Gasteiger charge is 2.31. The van der Waals surface area contributed by atoms with Gasteiger partial charge in [-0.25, -0.2) is 0 Å². The largest absolute Gasteiger partial charge is 0.460 e. The van der Waals surface area contributed by atoms with Gasteiger partial charge >= 0.3 is 0 Å². The van der Waals surface area contributed by atoms with Crippen LogP contribution in [0.5, 0.6) is 0 Å². The first-order valence-corrected chi connectivity index (χ1v) is 7.61. The van der Waals surface area contributed by atoms with Crippen molar-refractivity contribution in [1.29, 1.82) is 0 Å². The molecule has 0 saturated carbocycles. The number of amides is 1. The van der Waals surface area contributed by atoms with Crippen LogP contribution in [-0.4, -0.2) is 29.4 Å². The van der Waals surface area contributed by atoms with E-state index >= 15 is 0 Å². The van der Waals surface area contributed by atoms with Crippen molar-refractivity contribution in [1.82, 2.24) is 4.90 Å². The molecule has 1 aliphatic rings. The first kappa shape index (κ1) is 14.1. The molecule has 1 amide bonds. The second-order valence-electron chi connectivity index (χ2n) is 6.07. The normalized spacial score (nSPS) is 24.2. The van der Waals surface area contributed by atoms with Crippen LogP contribution >= 0.6 is 0 Å². The van der Waals surface area contributed by atoms with Crippen LogP contribution < -0.4 is 5.73 Å². The van der Waals surface area contributed by atoms with Gasteiger partial charge in [-0.15, -0.1) is 0 Å². The highest BCUT2D eigenvalue weighted by Crippen LogP contribution is 2.28. The zero-order valence-electron chi connectivity index (χ0n) is 12.6. The number of nitrogens with zero attached hydrogens (tertiary/aromatic N) is 1. The van der Waals surface area contributed by atoms with Gasteiger partial charge in [0, 0.05) is 24.0 Å². The van der Waals surface area contributed by atoms with Gasteiger partial charge in [0.2, 0.25) is 5.91 Å². The highest BCUT2D eigenvalue weighted by molar-refractivity contribution is 5.85. The highest BCUT2D eigenvalue weighted by atomic mass is 16.3. The molecule has 2 N–H and O–H groups in total. The molecule has 0 unspecified atom stereocenters. The van der Waals surface area contributed by atoms with Crippen LogP contribution in [0.3, 0.4) is 0 Å². The summed E-state index contributed by atoms with van der Waals surface area (Å²) in [4.78, 5) is 14.7. The zero-order chi connectivity index (χ0) is 15.0. The van der Waals surface area contributed by atoms with Crippen molar-refractivity contribution in [2.24, 2.45) is 5.73 Å². The molecule has 2 aromatic rings. The van der Waals surface area contributed by atoms with Gasteiger partial charge < -0.3 is 15.1 Å². The number of furan rings is 1. The molecule has 0 bridgehead atoms. The van der Waals surface area contributed by atoms with Crippen LogP contribution in [0.25, 0.3) is 11.0 Å². The van der Waals surface area contributed by atoms with Crippen molar-refractivity contribution in [3.8, 4) is 0 Å². The third-order valence-electron chi connectivity index (χ3n) is 4.44. The molecule has 1 aromatic heterocycles. The van der Waals surface area contributed by atoms with E-state index in [0.717, 1.165) is 36.1 Å². The van der Waals surface area contributed by atoms with Crippen molar-refractivity contribution in [3.05, 3.63) is 36.1 Å². The lowest BCUT2D eigenvalue weighted by atomic mass is 9.96. The maximum Gasteiger partial charge on any atom is 0.233 e. The summed E-state index contributed by atoms with van der Waals surface area (Å²) in [7, 11) is 0. The minimum Gasteiger partial charge on any atom is -0.460 e. The summed E-state index contributed by atoms with van der Waals surface area (Å²) in [6.45, 7) is 4.73. The standard InChI is InChI=1S/C17H22N2O2/c1-11-9-14(18)7-8-19(11)17(20)12(2)16-10-13-5-3-4-6-15(13)21-16/h3-6,10-12,14H,7-9,18H2,1-2H3/t11-,12+,14-/m1/s1. The van der Waals surface area contributed by atoms with E-state index < -0.39 is 0 Å². The average molecular weight is 286 g/mol. The van der Waals surface area contributed by atoms with Crippen LogP contribution in [0, 0.1) is 0 Å². The zero-order valence-corrected chi connectivity index (χ0v) is 12.6. The van der Waals surface area contributed by atoms with Gasteiger partial charge in [0.25, 0.3) is 0 Å². The van der Waals surface area contributed by atoms with E-state index in [1.165, 1.54) is 0 Å². The first-order chi connectivity index (χ1) is 10.1. The van der Waals surface area contributed by atoms with Crippen molar-refractivity contribution < 1.29 is 9.21 Å². The van der Waals surface area contributed by atoms with Crippen LogP contribution in [-0.2, 0) is 4.79 Å². The Balaban J connectivity index is 1.80. The molecule has 1 fully saturated rings. The Morgan fingerprint density at radius 1 is 1.43 bits per heavy atom. The predicted molar refractivity (Wildman–Crippen MR) is 83.0 cm³/mol. The van der Waals surface area contributed by atoms with E-state index in [1.54, 1.807) is 0 Å². The maximum absolute atomic E-state index is 12.7. The fraction of sp³-hybridized carbons (Fsp3) is 0.471. The summed E-state index contributed by atoms with van der Waals surface area (Å²) in [5.41, 5.74) is 6.80. The van der Waals surface area contributed by atoms with Crippen molar-refractivity contribution >= 4 is 16.9 Å². The number of para-hydroxylation sites is 1. The van der Waals surface area contributed by atoms with E-state index in [2.05, 4.69) is 6.92 Å². The van der Waals surface area contributed by atoms with E-state index in [-0.39, 0.29) is 23.9 Å². The van der Waals surface area contributed by atoms with Gasteiger partial charge in [0.1, 0.15) is 11.3 Å². The second kappa shape index (κ2) is 5.53. The summed E-state index contributed by atoms with van der Waals surface area (Å²) in [5, 5.41) is 1.04. The van der Waals surface area contributed by atoms with Gasteiger partial charge in [0.05, 0.1) is 5.92 Å². The number of hydrogen-bond acceptors (Lipinski definition) is 3. The fourth-order valence-corrected chi connectivity index (χ4v) is 3.12. The summed E-state index contributed by atoms with van der Waals surface area (Å²) in [5.74, 6) is 0.617. The topological polar surface area (TPSA) is 59.5 Å². The Morgan fingerprint density at radius 3 is 2.90 bits per heavy atom. The molecule has 1 saturated heterocycles. The summed E-state index contributed by atoms with van der Waals surface area (Å²) in [6, 6.07) is 10.2. The van der Waals surface area contributed by atoms with E-state index in [1.807, 2.05) is 42.2 Å². The smallest absolute Gasteiger partial charge is 0.233 e. The Kier molecular flexibility index (Phi) is 3.72. The molecule has 0 radical (unpaired) electrons. The third-order valence-corrected chi connectivity index (χ3v) is 4.44. The number of carbonyl (C=O) groups is 1. The lowest BCUT2D eigenvalue weighted by Crippen LogP contribution is -2.49. The first-order valence-electron chi connectivity index (χ1n) is 7.61. The van der Waals surface area contributed by atoms with E-state index in [9.17, 15) is 4.79 Å². The fourth-order valence-electron chi connectivity index (χ4n) is 3.12. The number of carbonyl (C=O) groups excluding carboxylic acids is 1. The van der Waals surface area contributed by atoms with Crippen LogP contribution in [0.4, 0.5) is 0 Å². The van der Waals surface area contributed by atoms with Crippen LogP contribution in [0.15, 0.2) is 34.7 Å². The second-order valence-corrected chi connectivity index (χ2v) is 6.07. The molecule has 3 atom stereocenters. The summed E-state index contributed by atoms with van der Waals surface area (Å²) < 4.78 is 5.83. The molecular weight excluding hydrogens is 264 g/mol. The molecule has 21 heavy (non-hydrogen) atoms. The molecule has 1 aromatic carbocycles. The van der Waals surface area contributed by atoms with Crippen LogP contribution in [0.2, 0.25) is 0 Å². The Morgan fingerprint density at radius 2 is 2.19 bits per heavy atom. The minimum atomic E-state index is -0.255. The Hall–Kier alpha value is -1.81. The number of likely N-dealkylation sites (tertiary alicyclic amines) is 1. The number of nitrogens with two attached hydrogens (primary N) is 1. The number of benzene rings is 1. The van der Waals surface area contributed by atoms with E-state index in [0.29, 0.717) is 0 Å². The molecule has 0 aliphatic carbocycles. The average Bonchev–Trinajstić information content (AvgIpc) is 2.89. The molecule has 4 heteroatoms. The van der Waals surface area contributed by atoms with Crippen LogP contribution in [0.1, 0.15) is 38.4 Å². The third kappa shape index (κ3) is 2.68. The van der Waals surface area contributed by atoms with Gasteiger partial charge in [-0.2, -0.15) is 0 Å². The van der Waals surface area contributed by atoms with Gasteiger partial charge in [0.15, 0.2) is 0 Å². The van der Waals surface area contributed by atoms with E-state index in [4.69, 9.17) is 10.2 Å². The summed E-state index contributed by atoms with van der Waals surface area (Å²) in [6.07, 6.45) is 1.75. The van der Waals surface area contributed by atoms with Gasteiger partial charge in [-0.3, -0.25) is 4.79 Å². The SMILES string of the molecule is C[C@H](C(=O)N1CC[C@@H](N)C[C@H]1C)c1cc2ccccc2o1. The predicted octanol–water partition coefficient (Wildman–Crippen LogP) is 2.87.